The van der Waals surface area contributed by atoms with Gasteiger partial charge in [-0.2, -0.15) is 0 Å². The van der Waals surface area contributed by atoms with Gasteiger partial charge in [-0.25, -0.2) is 0 Å². The fraction of sp³-hybridized carbons (Fsp3) is 0.833. The van der Waals surface area contributed by atoms with Crippen LogP contribution in [0.1, 0.15) is 13.8 Å². The van der Waals surface area contributed by atoms with Gasteiger partial charge in [-0.15, -0.1) is 0 Å². The fourth-order valence-corrected chi connectivity index (χ4v) is 1.91. The topological polar surface area (TPSA) is 26.3 Å². The molecule has 0 unspecified atom stereocenters. The summed E-state index contributed by atoms with van der Waals surface area (Å²) in [5.41, 5.74) is 0. The molecule has 0 aliphatic carbocycles. The maximum absolute atomic E-state index is 10.8. The standard InChI is InChI=1S/C4H8O2.2CH3.Sb/c1-3(2)4(5)6;;;/h3H,1-2H3,(H,5,6);2*1H3;/q;;;+1/p-1. The Morgan fingerprint density at radius 1 is 1.44 bits per heavy atom. The molecular weight excluding hydrogens is 226 g/mol. The van der Waals surface area contributed by atoms with Crippen LogP contribution in [0.2, 0.25) is 9.74 Å². The summed E-state index contributed by atoms with van der Waals surface area (Å²) >= 11 is -1.50. The SMILES string of the molecule is CC(C)C(=O)[O][Sb]([CH3])[CH3]. The molecule has 2 nitrogen and oxygen atoms in total. The average molecular weight is 239 g/mol. The van der Waals surface area contributed by atoms with Crippen molar-refractivity contribution in [2.45, 2.75) is 23.6 Å². The van der Waals surface area contributed by atoms with Gasteiger partial charge in [-0.3, -0.25) is 0 Å². The summed E-state index contributed by atoms with van der Waals surface area (Å²) < 4.78 is 5.06. The summed E-state index contributed by atoms with van der Waals surface area (Å²) in [6.07, 6.45) is 0. The van der Waals surface area contributed by atoms with Gasteiger partial charge >= 0.3 is 63.9 Å². The molecule has 3 heteroatoms. The van der Waals surface area contributed by atoms with E-state index in [0.29, 0.717) is 0 Å². The Morgan fingerprint density at radius 3 is 2.00 bits per heavy atom. The van der Waals surface area contributed by atoms with Crippen molar-refractivity contribution in [3.63, 3.8) is 0 Å². The van der Waals surface area contributed by atoms with Crippen molar-refractivity contribution in [1.82, 2.24) is 0 Å². The molecule has 0 fully saturated rings. The molecule has 0 aromatic rings. The molecule has 0 aromatic carbocycles. The van der Waals surface area contributed by atoms with Crippen LogP contribution in [0.15, 0.2) is 0 Å². The van der Waals surface area contributed by atoms with Crippen LogP contribution in [0.4, 0.5) is 0 Å². The third-order valence-electron chi connectivity index (χ3n) is 0.744. The average Bonchev–Trinajstić information content (AvgIpc) is 1.63. The zero-order valence-corrected chi connectivity index (χ0v) is 8.89. The van der Waals surface area contributed by atoms with Crippen molar-refractivity contribution in [1.29, 1.82) is 0 Å². The van der Waals surface area contributed by atoms with E-state index in [1.165, 1.54) is 0 Å². The molecule has 54 valence electrons. The molecule has 0 aliphatic heterocycles. The third kappa shape index (κ3) is 4.77. The molecule has 0 bridgehead atoms. The van der Waals surface area contributed by atoms with Crippen molar-refractivity contribution in [3.05, 3.63) is 0 Å². The van der Waals surface area contributed by atoms with E-state index >= 15 is 0 Å². The van der Waals surface area contributed by atoms with Crippen LogP contribution >= 0.6 is 0 Å². The van der Waals surface area contributed by atoms with Crippen molar-refractivity contribution in [2.24, 2.45) is 5.92 Å². The van der Waals surface area contributed by atoms with E-state index in [1.54, 1.807) is 0 Å². The third-order valence-corrected chi connectivity index (χ3v) is 2.30. The zero-order chi connectivity index (χ0) is 7.44. The molecule has 0 rings (SSSR count). The van der Waals surface area contributed by atoms with E-state index in [0.717, 1.165) is 0 Å². The van der Waals surface area contributed by atoms with Crippen LogP contribution in [-0.2, 0) is 7.81 Å². The molecule has 9 heavy (non-hydrogen) atoms. The molecule has 0 spiro atoms. The van der Waals surface area contributed by atoms with Gasteiger partial charge in [0.05, 0.1) is 0 Å². The molecule has 0 radical (unpaired) electrons. The molecule has 0 saturated heterocycles. The second-order valence-corrected chi connectivity index (χ2v) is 7.54. The van der Waals surface area contributed by atoms with E-state index in [9.17, 15) is 4.79 Å². The summed E-state index contributed by atoms with van der Waals surface area (Å²) in [5, 5.41) is 0. The number of hydrogen-bond acceptors (Lipinski definition) is 2. The quantitative estimate of drug-likeness (QED) is 0.681. The van der Waals surface area contributed by atoms with Crippen molar-refractivity contribution in [3.8, 4) is 0 Å². The molecule has 0 saturated carbocycles. The minimum absolute atomic E-state index is 0.0388. The molecule has 0 amide bonds. The van der Waals surface area contributed by atoms with E-state index in [2.05, 4.69) is 0 Å². The van der Waals surface area contributed by atoms with Crippen LogP contribution < -0.4 is 0 Å². The van der Waals surface area contributed by atoms with E-state index in [1.807, 2.05) is 23.6 Å². The monoisotopic (exact) mass is 238 g/mol. The predicted octanol–water partition coefficient (Wildman–Crippen LogP) is 1.44. The van der Waals surface area contributed by atoms with E-state index in [4.69, 9.17) is 3.02 Å². The van der Waals surface area contributed by atoms with Crippen LogP contribution in [0.3, 0.4) is 0 Å². The Labute approximate surface area is 64.1 Å². The molecule has 0 atom stereocenters. The Balaban J connectivity index is 3.51. The minimum atomic E-state index is -1.50. The number of carbonyl (C=O) groups excluding carboxylic acids is 1. The van der Waals surface area contributed by atoms with Gasteiger partial charge in [-0.1, -0.05) is 0 Å². The Kier molecular flexibility index (Phi) is 4.29. The number of carbonyl (C=O) groups is 1. The van der Waals surface area contributed by atoms with Gasteiger partial charge in [0.15, 0.2) is 0 Å². The molecule has 0 aliphatic rings. The summed E-state index contributed by atoms with van der Waals surface area (Å²) in [4.78, 5) is 14.8. The van der Waals surface area contributed by atoms with Crippen molar-refractivity contribution in [2.75, 3.05) is 0 Å². The molecular formula is C6H13O2Sb. The maximum atomic E-state index is 10.8. The first-order valence-electron chi connectivity index (χ1n) is 2.93. The first kappa shape index (κ1) is 9.29. The molecule has 0 N–H and O–H groups in total. The van der Waals surface area contributed by atoms with Crippen LogP contribution in [0.5, 0.6) is 0 Å². The Morgan fingerprint density at radius 2 is 1.89 bits per heavy atom. The van der Waals surface area contributed by atoms with Gasteiger partial charge < -0.3 is 0 Å². The second kappa shape index (κ2) is 4.16. The van der Waals surface area contributed by atoms with Crippen LogP contribution in [0, 0.1) is 5.92 Å². The van der Waals surface area contributed by atoms with Crippen LogP contribution in [-0.4, -0.2) is 26.6 Å². The first-order valence-corrected chi connectivity index (χ1v) is 9.08. The van der Waals surface area contributed by atoms with Crippen LogP contribution in [0.25, 0.3) is 0 Å². The predicted molar refractivity (Wildman–Crippen MR) is 38.4 cm³/mol. The van der Waals surface area contributed by atoms with Crippen molar-refractivity contribution >= 4 is 26.6 Å². The zero-order valence-electron chi connectivity index (χ0n) is 6.34. The molecule has 0 aromatic heterocycles. The summed E-state index contributed by atoms with van der Waals surface area (Å²) in [6, 6.07) is 0. The normalized spacial score (nSPS) is 10.4. The van der Waals surface area contributed by atoms with Crippen molar-refractivity contribution < 1.29 is 7.81 Å². The molecule has 0 heterocycles. The summed E-state index contributed by atoms with van der Waals surface area (Å²) in [6.45, 7) is 3.71. The van der Waals surface area contributed by atoms with E-state index < -0.39 is 20.6 Å². The van der Waals surface area contributed by atoms with Gasteiger partial charge in [0, 0.05) is 0 Å². The summed E-state index contributed by atoms with van der Waals surface area (Å²) in [5.74, 6) is -0.0000926. The Bertz CT molecular complexity index is 99.2. The van der Waals surface area contributed by atoms with Gasteiger partial charge in [0.2, 0.25) is 0 Å². The summed E-state index contributed by atoms with van der Waals surface area (Å²) in [7, 11) is 0. The first-order chi connectivity index (χ1) is 4.04. The second-order valence-electron chi connectivity index (χ2n) is 2.38. The number of rotatable bonds is 2. The van der Waals surface area contributed by atoms with E-state index in [-0.39, 0.29) is 11.9 Å². The number of hydrogen-bond donors (Lipinski definition) is 0. The van der Waals surface area contributed by atoms with Gasteiger partial charge in [-0.05, 0) is 0 Å². The van der Waals surface area contributed by atoms with Gasteiger partial charge in [0.25, 0.3) is 0 Å². The van der Waals surface area contributed by atoms with Gasteiger partial charge in [0.1, 0.15) is 0 Å². The fourth-order valence-electron chi connectivity index (χ4n) is 0.285. The Hall–Kier alpha value is 0.288.